The van der Waals surface area contributed by atoms with Crippen molar-refractivity contribution in [2.75, 3.05) is 23.8 Å². The highest BCUT2D eigenvalue weighted by molar-refractivity contribution is 7.94. The Kier molecular flexibility index (Phi) is 7.33. The quantitative estimate of drug-likeness (QED) is 0.170. The van der Waals surface area contributed by atoms with E-state index in [9.17, 15) is 33.2 Å². The minimum atomic E-state index is -3.89. The van der Waals surface area contributed by atoms with E-state index in [-0.39, 0.29) is 32.6 Å². The number of aromatic hydroxyl groups is 1. The lowest BCUT2D eigenvalue weighted by atomic mass is 10.2. The predicted octanol–water partition coefficient (Wildman–Crippen LogP) is 2.97. The molecule has 34 heavy (non-hydrogen) atoms. The molecule has 178 valence electrons. The summed E-state index contributed by atoms with van der Waals surface area (Å²) in [7, 11) is -2.59. The van der Waals surface area contributed by atoms with Crippen molar-refractivity contribution in [1.29, 1.82) is 0 Å². The molecule has 3 aromatic rings. The molecule has 3 N–H and O–H groups in total. The van der Waals surface area contributed by atoms with Crippen molar-refractivity contribution in [3.05, 3.63) is 69.6 Å². The average molecular weight is 508 g/mol. The minimum absolute atomic E-state index is 0.00872. The van der Waals surface area contributed by atoms with Gasteiger partial charge >= 0.3 is 5.97 Å². The summed E-state index contributed by atoms with van der Waals surface area (Å²) in [5.74, 6) is -2.28. The third kappa shape index (κ3) is 5.79. The number of thiophene rings is 1. The zero-order chi connectivity index (χ0) is 24.9. The van der Waals surface area contributed by atoms with Crippen molar-refractivity contribution in [2.24, 2.45) is 0 Å². The van der Waals surface area contributed by atoms with Crippen LogP contribution < -0.4 is 14.8 Å². The SMILES string of the molecule is COc1ccc([N+](=O)[O-])cc1NC(=O)COC(=O)c1cc(NS(=O)(=O)c2cccs2)ccc1O. The van der Waals surface area contributed by atoms with Gasteiger partial charge in [-0.05, 0) is 35.7 Å². The van der Waals surface area contributed by atoms with E-state index in [4.69, 9.17) is 9.47 Å². The van der Waals surface area contributed by atoms with E-state index in [0.717, 1.165) is 29.5 Å². The van der Waals surface area contributed by atoms with Crippen LogP contribution in [0.4, 0.5) is 17.1 Å². The number of methoxy groups -OCH3 is 1. The second-order valence-electron chi connectivity index (χ2n) is 6.54. The molecule has 0 saturated heterocycles. The summed E-state index contributed by atoms with van der Waals surface area (Å²) < 4.78 is 37.0. The van der Waals surface area contributed by atoms with Crippen molar-refractivity contribution in [3.63, 3.8) is 0 Å². The highest BCUT2D eigenvalue weighted by atomic mass is 32.2. The van der Waals surface area contributed by atoms with E-state index in [1.54, 1.807) is 11.4 Å². The second kappa shape index (κ2) is 10.2. The van der Waals surface area contributed by atoms with Gasteiger partial charge in [-0.2, -0.15) is 0 Å². The topological polar surface area (TPSA) is 174 Å². The maximum atomic E-state index is 12.4. The van der Waals surface area contributed by atoms with E-state index in [2.05, 4.69) is 10.0 Å². The lowest BCUT2D eigenvalue weighted by Gasteiger charge is -2.11. The molecule has 1 aromatic heterocycles. The molecule has 14 heteroatoms. The molecule has 12 nitrogen and oxygen atoms in total. The van der Waals surface area contributed by atoms with E-state index >= 15 is 0 Å². The first-order valence-corrected chi connectivity index (χ1v) is 11.7. The molecule has 1 amide bonds. The number of carbonyl (C=O) groups excluding carboxylic acids is 2. The molecule has 2 aromatic carbocycles. The second-order valence-corrected chi connectivity index (χ2v) is 9.39. The zero-order valence-electron chi connectivity index (χ0n) is 17.4. The Morgan fingerprint density at radius 1 is 1.18 bits per heavy atom. The van der Waals surface area contributed by atoms with Crippen LogP contribution >= 0.6 is 11.3 Å². The van der Waals surface area contributed by atoms with Gasteiger partial charge in [0.05, 0.1) is 17.7 Å². The Hall–Kier alpha value is -4.17. The number of non-ortho nitro benzene ring substituents is 1. The number of amides is 1. The van der Waals surface area contributed by atoms with Gasteiger partial charge in [0.25, 0.3) is 21.6 Å². The standard InChI is InChI=1S/C20H17N3O9S2/c1-31-17-7-5-13(23(27)28)10-15(17)21-18(25)11-32-20(26)14-9-12(4-6-16(14)24)22-34(29,30)19-3-2-8-33-19/h2-10,22,24H,11H2,1H3,(H,21,25). The summed E-state index contributed by atoms with van der Waals surface area (Å²) in [6, 6.07) is 9.93. The largest absolute Gasteiger partial charge is 0.507 e. The van der Waals surface area contributed by atoms with Crippen LogP contribution in [-0.4, -0.2) is 44.0 Å². The summed E-state index contributed by atoms with van der Waals surface area (Å²) in [6.45, 7) is -0.796. The molecule has 0 spiro atoms. The third-order valence-electron chi connectivity index (χ3n) is 4.23. The molecule has 0 aliphatic carbocycles. The van der Waals surface area contributed by atoms with Gasteiger partial charge in [0.2, 0.25) is 0 Å². The Labute approximate surface area is 197 Å². The number of ether oxygens (including phenoxy) is 2. The number of carbonyl (C=O) groups is 2. The fourth-order valence-corrected chi connectivity index (χ4v) is 4.73. The van der Waals surface area contributed by atoms with Crippen molar-refractivity contribution in [3.8, 4) is 11.5 Å². The number of nitro benzene ring substituents is 1. The van der Waals surface area contributed by atoms with Crippen molar-refractivity contribution in [2.45, 2.75) is 4.21 Å². The highest BCUT2D eigenvalue weighted by Gasteiger charge is 2.20. The fourth-order valence-electron chi connectivity index (χ4n) is 2.69. The van der Waals surface area contributed by atoms with Gasteiger partial charge in [-0.25, -0.2) is 13.2 Å². The molecule has 0 aliphatic heterocycles. The van der Waals surface area contributed by atoms with Crippen LogP contribution in [0.5, 0.6) is 11.5 Å². The first-order valence-electron chi connectivity index (χ1n) is 9.29. The molecular weight excluding hydrogens is 490 g/mol. The zero-order valence-corrected chi connectivity index (χ0v) is 19.0. The fraction of sp³-hybridized carbons (Fsp3) is 0.100. The van der Waals surface area contributed by atoms with Crippen LogP contribution in [-0.2, 0) is 19.6 Å². The molecule has 0 unspecified atom stereocenters. The van der Waals surface area contributed by atoms with Gasteiger partial charge in [-0.3, -0.25) is 19.6 Å². The average Bonchev–Trinajstić information content (AvgIpc) is 3.34. The number of nitrogens with one attached hydrogen (secondary N) is 2. The Balaban J connectivity index is 1.68. The van der Waals surface area contributed by atoms with Gasteiger partial charge in [-0.15, -0.1) is 11.3 Å². The monoisotopic (exact) mass is 507 g/mol. The van der Waals surface area contributed by atoms with E-state index in [0.29, 0.717) is 0 Å². The van der Waals surface area contributed by atoms with Crippen LogP contribution in [0.2, 0.25) is 0 Å². The lowest BCUT2D eigenvalue weighted by Crippen LogP contribution is -2.21. The number of anilines is 2. The van der Waals surface area contributed by atoms with Crippen LogP contribution in [0.15, 0.2) is 58.1 Å². The molecule has 0 fully saturated rings. The van der Waals surface area contributed by atoms with Crippen molar-refractivity contribution < 1.29 is 37.5 Å². The number of nitrogens with zero attached hydrogens (tertiary/aromatic N) is 1. The van der Waals surface area contributed by atoms with Crippen LogP contribution in [0, 0.1) is 10.1 Å². The molecule has 0 saturated carbocycles. The van der Waals surface area contributed by atoms with Crippen molar-refractivity contribution in [1.82, 2.24) is 0 Å². The molecule has 1 heterocycles. The Morgan fingerprint density at radius 3 is 2.59 bits per heavy atom. The maximum Gasteiger partial charge on any atom is 0.342 e. The summed E-state index contributed by atoms with van der Waals surface area (Å²) in [6.07, 6.45) is 0. The first-order chi connectivity index (χ1) is 16.1. The number of nitro groups is 1. The lowest BCUT2D eigenvalue weighted by molar-refractivity contribution is -0.384. The number of benzene rings is 2. The smallest absolute Gasteiger partial charge is 0.342 e. The molecule has 0 bridgehead atoms. The van der Waals surface area contributed by atoms with E-state index in [1.165, 1.54) is 31.4 Å². The summed E-state index contributed by atoms with van der Waals surface area (Å²) in [5.41, 5.74) is -0.693. The number of hydrogen-bond donors (Lipinski definition) is 3. The molecule has 3 rings (SSSR count). The normalized spacial score (nSPS) is 10.9. The van der Waals surface area contributed by atoms with E-state index in [1.807, 2.05) is 0 Å². The van der Waals surface area contributed by atoms with Crippen LogP contribution in [0.3, 0.4) is 0 Å². The number of phenols is 1. The number of phenolic OH excluding ortho intramolecular Hbond substituents is 1. The van der Waals surface area contributed by atoms with Gasteiger partial charge in [0, 0.05) is 17.8 Å². The van der Waals surface area contributed by atoms with Gasteiger partial charge in [0.15, 0.2) is 6.61 Å². The number of esters is 1. The summed E-state index contributed by atoms with van der Waals surface area (Å²) in [4.78, 5) is 34.9. The first kappa shape index (κ1) is 24.5. The predicted molar refractivity (Wildman–Crippen MR) is 122 cm³/mol. The number of sulfonamides is 1. The van der Waals surface area contributed by atoms with Gasteiger partial charge in [-0.1, -0.05) is 6.07 Å². The van der Waals surface area contributed by atoms with Crippen LogP contribution in [0.1, 0.15) is 10.4 Å². The van der Waals surface area contributed by atoms with Gasteiger partial charge < -0.3 is 19.9 Å². The third-order valence-corrected chi connectivity index (χ3v) is 7.01. The van der Waals surface area contributed by atoms with Crippen molar-refractivity contribution >= 4 is 50.3 Å². The van der Waals surface area contributed by atoms with Crippen LogP contribution in [0.25, 0.3) is 0 Å². The Bertz CT molecular complexity index is 1340. The molecule has 0 aliphatic rings. The molecule has 0 radical (unpaired) electrons. The molecule has 0 atom stereocenters. The van der Waals surface area contributed by atoms with Gasteiger partial charge in [0.1, 0.15) is 21.3 Å². The minimum Gasteiger partial charge on any atom is -0.507 e. The number of hydrogen-bond acceptors (Lipinski definition) is 10. The molecular formula is C20H17N3O9S2. The highest BCUT2D eigenvalue weighted by Crippen LogP contribution is 2.29. The summed E-state index contributed by atoms with van der Waals surface area (Å²) in [5, 5.41) is 24.8. The number of rotatable bonds is 9. The summed E-state index contributed by atoms with van der Waals surface area (Å²) >= 11 is 0.998. The Morgan fingerprint density at radius 2 is 1.94 bits per heavy atom. The maximum absolute atomic E-state index is 12.4. The van der Waals surface area contributed by atoms with E-state index < -0.39 is 39.2 Å².